The van der Waals surface area contributed by atoms with Gasteiger partial charge in [0, 0.05) is 17.7 Å². The lowest BCUT2D eigenvalue weighted by molar-refractivity contribution is 0.0956. The molecular formula is C22H23N3OS. The van der Waals surface area contributed by atoms with Gasteiger partial charge in [0.15, 0.2) is 0 Å². The Morgan fingerprint density at radius 2 is 1.78 bits per heavy atom. The first-order valence-electron chi connectivity index (χ1n) is 9.42. The maximum atomic E-state index is 12.9. The fourth-order valence-electron chi connectivity index (χ4n) is 3.40. The molecule has 4 nitrogen and oxygen atoms in total. The van der Waals surface area contributed by atoms with Gasteiger partial charge in [0.05, 0.1) is 5.69 Å². The van der Waals surface area contributed by atoms with Gasteiger partial charge in [0.25, 0.3) is 5.91 Å². The molecule has 138 valence electrons. The lowest BCUT2D eigenvalue weighted by Gasteiger charge is -2.09. The normalized spacial score (nSPS) is 16.4. The van der Waals surface area contributed by atoms with Gasteiger partial charge in [-0.2, -0.15) is 0 Å². The van der Waals surface area contributed by atoms with Crippen molar-refractivity contribution < 1.29 is 4.79 Å². The second kappa shape index (κ2) is 8.46. The minimum absolute atomic E-state index is 0.0282. The molecule has 0 aliphatic carbocycles. The minimum atomic E-state index is -0.0282. The average Bonchev–Trinajstić information content (AvgIpc) is 3.39. The van der Waals surface area contributed by atoms with E-state index in [1.165, 1.54) is 17.8 Å². The molecule has 3 aromatic rings. The number of carbonyl (C=O) groups excluding carboxylic acids is 1. The molecule has 27 heavy (non-hydrogen) atoms. The van der Waals surface area contributed by atoms with Crippen LogP contribution >= 0.6 is 11.3 Å². The third-order valence-corrected chi connectivity index (χ3v) is 6.01. The summed E-state index contributed by atoms with van der Waals surface area (Å²) in [5.74, 6) is 0.639. The van der Waals surface area contributed by atoms with E-state index in [0.717, 1.165) is 41.3 Å². The van der Waals surface area contributed by atoms with E-state index < -0.39 is 0 Å². The van der Waals surface area contributed by atoms with E-state index in [4.69, 9.17) is 4.98 Å². The number of amides is 1. The largest absolute Gasteiger partial charge is 0.351 e. The van der Waals surface area contributed by atoms with Crippen molar-refractivity contribution in [1.29, 1.82) is 0 Å². The summed E-state index contributed by atoms with van der Waals surface area (Å²) in [5.41, 5.74) is 2.77. The molecule has 2 aromatic carbocycles. The van der Waals surface area contributed by atoms with Crippen LogP contribution in [0.1, 0.15) is 22.5 Å². The number of rotatable bonds is 6. The van der Waals surface area contributed by atoms with Crippen LogP contribution in [-0.2, 0) is 0 Å². The number of carbonyl (C=O) groups is 1. The molecule has 1 aliphatic heterocycles. The van der Waals surface area contributed by atoms with Crippen LogP contribution in [0.4, 0.5) is 0 Å². The molecule has 1 aliphatic rings. The Morgan fingerprint density at radius 1 is 1.07 bits per heavy atom. The molecule has 1 fully saturated rings. The molecular weight excluding hydrogens is 354 g/mol. The molecule has 2 heterocycles. The van der Waals surface area contributed by atoms with Gasteiger partial charge in [-0.15, -0.1) is 11.3 Å². The minimum Gasteiger partial charge on any atom is -0.351 e. The molecule has 1 saturated heterocycles. The standard InChI is InChI=1S/C22H23N3OS/c26-21(24-14-12-16-11-13-23-15-16)20-19(17-7-3-1-4-8-17)25-22(27-20)18-9-5-2-6-10-18/h1-10,16,23H,11-15H2,(H,24,26). The van der Waals surface area contributed by atoms with E-state index >= 15 is 0 Å². The molecule has 1 aromatic heterocycles. The van der Waals surface area contributed by atoms with Crippen molar-refractivity contribution in [2.75, 3.05) is 19.6 Å². The van der Waals surface area contributed by atoms with Gasteiger partial charge < -0.3 is 10.6 Å². The Hall–Kier alpha value is -2.50. The van der Waals surface area contributed by atoms with Crippen molar-refractivity contribution >= 4 is 17.2 Å². The molecule has 4 rings (SSSR count). The van der Waals surface area contributed by atoms with Crippen LogP contribution < -0.4 is 10.6 Å². The van der Waals surface area contributed by atoms with Crippen molar-refractivity contribution in [3.05, 3.63) is 65.5 Å². The van der Waals surface area contributed by atoms with Gasteiger partial charge in [-0.1, -0.05) is 60.7 Å². The molecule has 2 N–H and O–H groups in total. The maximum Gasteiger partial charge on any atom is 0.263 e. The Bertz CT molecular complexity index is 886. The topological polar surface area (TPSA) is 54.0 Å². The van der Waals surface area contributed by atoms with E-state index in [0.29, 0.717) is 17.3 Å². The molecule has 1 unspecified atom stereocenters. The maximum absolute atomic E-state index is 12.9. The summed E-state index contributed by atoms with van der Waals surface area (Å²) >= 11 is 1.46. The zero-order valence-electron chi connectivity index (χ0n) is 15.2. The third-order valence-electron chi connectivity index (χ3n) is 4.90. The summed E-state index contributed by atoms with van der Waals surface area (Å²) in [6, 6.07) is 20.0. The smallest absolute Gasteiger partial charge is 0.263 e. The second-order valence-electron chi connectivity index (χ2n) is 6.83. The SMILES string of the molecule is O=C(NCCC1CCNC1)c1sc(-c2ccccc2)nc1-c1ccccc1. The first-order valence-corrected chi connectivity index (χ1v) is 10.2. The number of nitrogens with one attached hydrogen (secondary N) is 2. The van der Waals surface area contributed by atoms with Crippen LogP contribution in [0.15, 0.2) is 60.7 Å². The lowest BCUT2D eigenvalue weighted by Crippen LogP contribution is -2.26. The van der Waals surface area contributed by atoms with Crippen LogP contribution in [0, 0.1) is 5.92 Å². The number of nitrogens with zero attached hydrogens (tertiary/aromatic N) is 1. The zero-order chi connectivity index (χ0) is 18.5. The van der Waals surface area contributed by atoms with Crippen LogP contribution in [0.25, 0.3) is 21.8 Å². The van der Waals surface area contributed by atoms with Crippen LogP contribution in [-0.4, -0.2) is 30.5 Å². The van der Waals surface area contributed by atoms with Gasteiger partial charge in [-0.3, -0.25) is 4.79 Å². The van der Waals surface area contributed by atoms with E-state index in [2.05, 4.69) is 10.6 Å². The van der Waals surface area contributed by atoms with Gasteiger partial charge in [0.1, 0.15) is 9.88 Å². The Labute approximate surface area is 163 Å². The van der Waals surface area contributed by atoms with E-state index in [1.54, 1.807) is 0 Å². The van der Waals surface area contributed by atoms with Gasteiger partial charge in [0.2, 0.25) is 0 Å². The average molecular weight is 378 g/mol. The van der Waals surface area contributed by atoms with Crippen LogP contribution in [0.3, 0.4) is 0 Å². The molecule has 0 saturated carbocycles. The highest BCUT2D eigenvalue weighted by Crippen LogP contribution is 2.33. The number of benzene rings is 2. The highest BCUT2D eigenvalue weighted by atomic mass is 32.1. The van der Waals surface area contributed by atoms with Crippen molar-refractivity contribution in [2.24, 2.45) is 5.92 Å². The summed E-state index contributed by atoms with van der Waals surface area (Å²) in [6.45, 7) is 2.86. The van der Waals surface area contributed by atoms with E-state index in [-0.39, 0.29) is 5.91 Å². The summed E-state index contributed by atoms with van der Waals surface area (Å²) < 4.78 is 0. The number of hydrogen-bond donors (Lipinski definition) is 2. The fourth-order valence-corrected chi connectivity index (χ4v) is 4.41. The van der Waals surface area contributed by atoms with Crippen molar-refractivity contribution in [2.45, 2.75) is 12.8 Å². The van der Waals surface area contributed by atoms with Crippen LogP contribution in [0.2, 0.25) is 0 Å². The monoisotopic (exact) mass is 377 g/mol. The molecule has 0 radical (unpaired) electrons. The summed E-state index contributed by atoms with van der Waals surface area (Å²) in [5, 5.41) is 7.35. The van der Waals surface area contributed by atoms with Gasteiger partial charge >= 0.3 is 0 Å². The number of thiazole rings is 1. The Kier molecular flexibility index (Phi) is 5.61. The Morgan fingerprint density at radius 3 is 2.44 bits per heavy atom. The summed E-state index contributed by atoms with van der Waals surface area (Å²) in [7, 11) is 0. The number of hydrogen-bond acceptors (Lipinski definition) is 4. The summed E-state index contributed by atoms with van der Waals surface area (Å²) in [6.07, 6.45) is 2.22. The number of aromatic nitrogens is 1. The zero-order valence-corrected chi connectivity index (χ0v) is 16.0. The molecule has 1 amide bonds. The predicted octanol–water partition coefficient (Wildman–Crippen LogP) is 4.21. The van der Waals surface area contributed by atoms with Gasteiger partial charge in [-0.25, -0.2) is 4.98 Å². The molecule has 1 atom stereocenters. The highest BCUT2D eigenvalue weighted by molar-refractivity contribution is 7.17. The second-order valence-corrected chi connectivity index (χ2v) is 7.83. The first kappa shape index (κ1) is 17.9. The fraction of sp³-hybridized carbons (Fsp3) is 0.273. The molecule has 5 heteroatoms. The molecule has 0 bridgehead atoms. The third kappa shape index (κ3) is 4.26. The predicted molar refractivity (Wildman–Crippen MR) is 111 cm³/mol. The quantitative estimate of drug-likeness (QED) is 0.677. The van der Waals surface area contributed by atoms with Gasteiger partial charge in [-0.05, 0) is 31.8 Å². The Balaban J connectivity index is 1.57. The summed E-state index contributed by atoms with van der Waals surface area (Å²) in [4.78, 5) is 18.4. The van der Waals surface area contributed by atoms with E-state index in [1.807, 2.05) is 60.7 Å². The highest BCUT2D eigenvalue weighted by Gasteiger charge is 2.21. The van der Waals surface area contributed by atoms with Crippen molar-refractivity contribution in [3.8, 4) is 21.8 Å². The van der Waals surface area contributed by atoms with Crippen molar-refractivity contribution in [3.63, 3.8) is 0 Å². The van der Waals surface area contributed by atoms with Crippen LogP contribution in [0.5, 0.6) is 0 Å². The lowest BCUT2D eigenvalue weighted by atomic mass is 10.1. The molecule has 0 spiro atoms. The van der Waals surface area contributed by atoms with E-state index in [9.17, 15) is 4.79 Å². The first-order chi connectivity index (χ1) is 13.3. The van der Waals surface area contributed by atoms with Crippen molar-refractivity contribution in [1.82, 2.24) is 15.6 Å².